The fraction of sp³-hybridized carbons (Fsp3) is 0.350. The molecule has 1 aromatic carbocycles. The monoisotopic (exact) mass is 352 g/mol. The van der Waals surface area contributed by atoms with Gasteiger partial charge in [0.1, 0.15) is 5.82 Å². The van der Waals surface area contributed by atoms with Crippen LogP contribution < -0.4 is 0 Å². The molecule has 26 heavy (non-hydrogen) atoms. The van der Waals surface area contributed by atoms with E-state index in [1.54, 1.807) is 12.3 Å². The first-order valence-corrected chi connectivity index (χ1v) is 9.00. The predicted octanol–water partition coefficient (Wildman–Crippen LogP) is 3.87. The van der Waals surface area contributed by atoms with Crippen LogP contribution in [0.25, 0.3) is 11.5 Å². The number of rotatable bonds is 6. The summed E-state index contributed by atoms with van der Waals surface area (Å²) in [6.07, 6.45) is 6.89. The molecule has 1 saturated heterocycles. The van der Waals surface area contributed by atoms with Crippen LogP contribution in [0.5, 0.6) is 0 Å². The van der Waals surface area contributed by atoms with Crippen LogP contribution in [0, 0.1) is 5.82 Å². The van der Waals surface area contributed by atoms with Crippen LogP contribution >= 0.6 is 0 Å². The predicted molar refractivity (Wildman–Crippen MR) is 95.7 cm³/mol. The number of pyridine rings is 1. The molecule has 1 aliphatic rings. The number of aromatic nitrogens is 3. The average molecular weight is 352 g/mol. The fourth-order valence-electron chi connectivity index (χ4n) is 3.53. The molecule has 1 aliphatic heterocycles. The zero-order valence-corrected chi connectivity index (χ0v) is 14.5. The molecule has 0 radical (unpaired) electrons. The molecule has 1 atom stereocenters. The van der Waals surface area contributed by atoms with E-state index in [1.165, 1.54) is 6.20 Å². The molecule has 0 amide bonds. The summed E-state index contributed by atoms with van der Waals surface area (Å²) in [4.78, 5) is 10.7. The van der Waals surface area contributed by atoms with Gasteiger partial charge in [-0.3, -0.25) is 9.88 Å². The van der Waals surface area contributed by atoms with Gasteiger partial charge in [0.2, 0.25) is 0 Å². The second kappa shape index (κ2) is 7.74. The Morgan fingerprint density at radius 2 is 2.08 bits per heavy atom. The molecule has 0 saturated carbocycles. The lowest BCUT2D eigenvalue weighted by atomic mass is 10.1. The largest absolute Gasteiger partial charge is 0.334 e. The summed E-state index contributed by atoms with van der Waals surface area (Å²) >= 11 is 0. The minimum absolute atomic E-state index is 0.233. The van der Waals surface area contributed by atoms with Crippen molar-refractivity contribution in [3.05, 3.63) is 66.0 Å². The number of likely N-dealkylation sites (tertiary alicyclic amines) is 1. The van der Waals surface area contributed by atoms with E-state index in [9.17, 15) is 4.39 Å². The van der Waals surface area contributed by atoms with Crippen molar-refractivity contribution in [3.63, 3.8) is 0 Å². The lowest BCUT2D eigenvalue weighted by molar-refractivity contribution is 0.230. The van der Waals surface area contributed by atoms with E-state index in [2.05, 4.69) is 20.0 Å². The summed E-state index contributed by atoms with van der Waals surface area (Å²) < 4.78 is 19.2. The molecule has 4 rings (SSSR count). The molecular weight excluding hydrogens is 331 g/mol. The molecule has 6 heteroatoms. The standard InChI is InChI=1S/C20H21FN4O/c21-18-13-22-11-10-16(18)14-25-12-4-7-17(25)8-9-19-23-20(26-24-19)15-5-2-1-3-6-15/h1-3,5-6,10-11,13,17H,4,7-9,12,14H2. The lowest BCUT2D eigenvalue weighted by Gasteiger charge is -2.24. The Bertz CT molecular complexity index is 852. The van der Waals surface area contributed by atoms with Gasteiger partial charge in [-0.1, -0.05) is 23.4 Å². The Balaban J connectivity index is 1.37. The summed E-state index contributed by atoms with van der Waals surface area (Å²) in [6.45, 7) is 1.62. The van der Waals surface area contributed by atoms with Crippen molar-refractivity contribution < 1.29 is 8.91 Å². The zero-order chi connectivity index (χ0) is 17.8. The Hall–Kier alpha value is -2.60. The highest BCUT2D eigenvalue weighted by Gasteiger charge is 2.25. The summed E-state index contributed by atoms with van der Waals surface area (Å²) in [5.41, 5.74) is 1.64. The van der Waals surface area contributed by atoms with Gasteiger partial charge in [0.05, 0.1) is 6.20 Å². The maximum absolute atomic E-state index is 13.9. The van der Waals surface area contributed by atoms with Gasteiger partial charge in [-0.25, -0.2) is 4.39 Å². The van der Waals surface area contributed by atoms with Crippen LogP contribution in [-0.4, -0.2) is 32.6 Å². The van der Waals surface area contributed by atoms with Crippen LogP contribution in [0.4, 0.5) is 4.39 Å². The van der Waals surface area contributed by atoms with E-state index < -0.39 is 0 Å². The van der Waals surface area contributed by atoms with Gasteiger partial charge < -0.3 is 4.52 Å². The average Bonchev–Trinajstić information content (AvgIpc) is 3.32. The van der Waals surface area contributed by atoms with E-state index in [4.69, 9.17) is 4.52 Å². The van der Waals surface area contributed by atoms with Crippen LogP contribution in [0.3, 0.4) is 0 Å². The first kappa shape index (κ1) is 16.8. The topological polar surface area (TPSA) is 55.1 Å². The maximum atomic E-state index is 13.9. The Labute approximate surface area is 151 Å². The van der Waals surface area contributed by atoms with E-state index >= 15 is 0 Å². The first-order chi connectivity index (χ1) is 12.8. The first-order valence-electron chi connectivity index (χ1n) is 9.00. The van der Waals surface area contributed by atoms with Crippen LogP contribution in [0.2, 0.25) is 0 Å². The molecule has 0 bridgehead atoms. The summed E-state index contributed by atoms with van der Waals surface area (Å²) in [6, 6.07) is 12.0. The van der Waals surface area contributed by atoms with E-state index in [0.29, 0.717) is 24.0 Å². The third kappa shape index (κ3) is 3.80. The highest BCUT2D eigenvalue weighted by Crippen LogP contribution is 2.25. The number of nitrogens with zero attached hydrogens (tertiary/aromatic N) is 4. The minimum Gasteiger partial charge on any atom is -0.334 e. The SMILES string of the molecule is Fc1cnccc1CN1CCCC1CCc1noc(-c2ccccc2)n1. The number of hydrogen-bond donors (Lipinski definition) is 0. The molecule has 5 nitrogen and oxygen atoms in total. The number of hydrogen-bond acceptors (Lipinski definition) is 5. The summed E-state index contributed by atoms with van der Waals surface area (Å²) in [5.74, 6) is 1.05. The van der Waals surface area contributed by atoms with E-state index in [0.717, 1.165) is 43.6 Å². The van der Waals surface area contributed by atoms with Crippen LogP contribution in [0.1, 0.15) is 30.7 Å². The maximum Gasteiger partial charge on any atom is 0.257 e. The summed E-state index contributed by atoms with van der Waals surface area (Å²) in [7, 11) is 0. The molecule has 0 N–H and O–H groups in total. The third-order valence-corrected chi connectivity index (χ3v) is 4.92. The highest BCUT2D eigenvalue weighted by molar-refractivity contribution is 5.51. The molecule has 134 valence electrons. The molecule has 0 aliphatic carbocycles. The van der Waals surface area contributed by atoms with Crippen molar-refractivity contribution in [2.45, 2.75) is 38.3 Å². The molecule has 3 aromatic rings. The van der Waals surface area contributed by atoms with E-state index in [-0.39, 0.29) is 5.82 Å². The van der Waals surface area contributed by atoms with E-state index in [1.807, 2.05) is 30.3 Å². The molecule has 2 aromatic heterocycles. The Kier molecular flexibility index (Phi) is 5.02. The van der Waals surface area contributed by atoms with Gasteiger partial charge in [-0.05, 0) is 44.0 Å². The smallest absolute Gasteiger partial charge is 0.257 e. The molecule has 0 spiro atoms. The number of benzene rings is 1. The van der Waals surface area contributed by atoms with Gasteiger partial charge in [0, 0.05) is 36.3 Å². The van der Waals surface area contributed by atoms with Crippen molar-refractivity contribution in [3.8, 4) is 11.5 Å². The molecular formula is C20H21FN4O. The quantitative estimate of drug-likeness (QED) is 0.674. The van der Waals surface area contributed by atoms with Crippen LogP contribution in [0.15, 0.2) is 53.3 Å². The van der Waals surface area contributed by atoms with Crippen molar-refractivity contribution in [1.82, 2.24) is 20.0 Å². The van der Waals surface area contributed by atoms with Gasteiger partial charge in [0.25, 0.3) is 5.89 Å². The normalized spacial score (nSPS) is 17.7. The third-order valence-electron chi connectivity index (χ3n) is 4.92. The molecule has 3 heterocycles. The van der Waals surface area contributed by atoms with Crippen molar-refractivity contribution >= 4 is 0 Å². The molecule has 1 unspecified atom stereocenters. The van der Waals surface area contributed by atoms with Crippen molar-refractivity contribution in [2.75, 3.05) is 6.54 Å². The van der Waals surface area contributed by atoms with Crippen molar-refractivity contribution in [2.24, 2.45) is 0 Å². The molecule has 1 fully saturated rings. The Morgan fingerprint density at radius 3 is 2.92 bits per heavy atom. The highest BCUT2D eigenvalue weighted by atomic mass is 19.1. The van der Waals surface area contributed by atoms with Gasteiger partial charge in [0.15, 0.2) is 5.82 Å². The zero-order valence-electron chi connectivity index (χ0n) is 14.5. The lowest BCUT2D eigenvalue weighted by Crippen LogP contribution is -2.29. The van der Waals surface area contributed by atoms with Gasteiger partial charge in [-0.2, -0.15) is 4.98 Å². The fourth-order valence-corrected chi connectivity index (χ4v) is 3.53. The second-order valence-corrected chi connectivity index (χ2v) is 6.65. The number of halogens is 1. The summed E-state index contributed by atoms with van der Waals surface area (Å²) in [5, 5.41) is 4.10. The minimum atomic E-state index is -0.233. The van der Waals surface area contributed by atoms with Crippen LogP contribution in [-0.2, 0) is 13.0 Å². The number of aryl methyl sites for hydroxylation is 1. The van der Waals surface area contributed by atoms with Gasteiger partial charge >= 0.3 is 0 Å². The van der Waals surface area contributed by atoms with Crippen molar-refractivity contribution in [1.29, 1.82) is 0 Å². The van der Waals surface area contributed by atoms with Gasteiger partial charge in [-0.15, -0.1) is 0 Å². The second-order valence-electron chi connectivity index (χ2n) is 6.65. The Morgan fingerprint density at radius 1 is 1.19 bits per heavy atom.